The van der Waals surface area contributed by atoms with E-state index < -0.39 is 47.2 Å². The fourth-order valence-corrected chi connectivity index (χ4v) is 3.66. The molecule has 0 N–H and O–H groups in total. The van der Waals surface area contributed by atoms with Gasteiger partial charge in [0.1, 0.15) is 11.7 Å². The van der Waals surface area contributed by atoms with Crippen molar-refractivity contribution in [3.8, 4) is 0 Å². The van der Waals surface area contributed by atoms with E-state index in [1.165, 1.54) is 0 Å². The van der Waals surface area contributed by atoms with Gasteiger partial charge in [-0.25, -0.2) is 4.79 Å². The van der Waals surface area contributed by atoms with Gasteiger partial charge in [-0.3, -0.25) is 0 Å². The highest BCUT2D eigenvalue weighted by Crippen LogP contribution is 2.51. The van der Waals surface area contributed by atoms with Crippen LogP contribution in [0.15, 0.2) is 0 Å². The average molecular weight is 330 g/mol. The van der Waals surface area contributed by atoms with Crippen molar-refractivity contribution in [3.05, 3.63) is 0 Å². The third-order valence-corrected chi connectivity index (χ3v) is 4.87. The fraction of sp³-hybridized carbons (Fsp3) is 0.938. The Bertz CT molecular complexity index is 513. The highest BCUT2D eigenvalue weighted by molar-refractivity contribution is 5.78. The largest absolute Gasteiger partial charge is 0.431 e. The topological polar surface area (TPSA) is 72.5 Å². The van der Waals surface area contributed by atoms with E-state index in [2.05, 4.69) is 0 Å². The van der Waals surface area contributed by atoms with Crippen molar-refractivity contribution in [3.63, 3.8) is 0 Å². The lowest BCUT2D eigenvalue weighted by atomic mass is 9.77. The van der Waals surface area contributed by atoms with Crippen LogP contribution in [0.25, 0.3) is 0 Å². The number of hydrogen-bond donors (Lipinski definition) is 0. The van der Waals surface area contributed by atoms with E-state index >= 15 is 0 Å². The summed E-state index contributed by atoms with van der Waals surface area (Å²) in [6, 6.07) is 0. The monoisotopic (exact) mass is 330 g/mol. The first-order chi connectivity index (χ1) is 10.4. The first kappa shape index (κ1) is 17.1. The lowest BCUT2D eigenvalue weighted by Gasteiger charge is -2.44. The SMILES string of the molecule is COC(C)(C)[C@@]12C[C@H]3OC(C)(C)O[C@H]3OC(=O)[C@@H]1OC(C)(C)O2. The fourth-order valence-electron chi connectivity index (χ4n) is 3.66. The van der Waals surface area contributed by atoms with Gasteiger partial charge in [-0.1, -0.05) is 0 Å². The predicted octanol–water partition coefficient (Wildman–Crippen LogP) is 1.73. The first-order valence-corrected chi connectivity index (χ1v) is 7.91. The van der Waals surface area contributed by atoms with Gasteiger partial charge in [-0.05, 0) is 41.5 Å². The van der Waals surface area contributed by atoms with Crippen molar-refractivity contribution in [2.45, 2.75) is 89.2 Å². The molecule has 0 radical (unpaired) electrons. The number of methoxy groups -OCH3 is 1. The maximum atomic E-state index is 12.7. The molecule has 4 atom stereocenters. The van der Waals surface area contributed by atoms with Gasteiger partial charge in [0.2, 0.25) is 6.29 Å². The molecular weight excluding hydrogens is 304 g/mol. The summed E-state index contributed by atoms with van der Waals surface area (Å²) >= 11 is 0. The van der Waals surface area contributed by atoms with Crippen LogP contribution in [0.1, 0.15) is 48.0 Å². The van der Waals surface area contributed by atoms with E-state index in [-0.39, 0.29) is 0 Å². The second kappa shape index (κ2) is 4.89. The molecule has 3 saturated heterocycles. The number of carbonyl (C=O) groups excluding carboxylic acids is 1. The van der Waals surface area contributed by atoms with Crippen molar-refractivity contribution in [2.75, 3.05) is 7.11 Å². The third kappa shape index (κ3) is 2.59. The standard InChI is InChI=1S/C16H26O7/c1-13(2,18-7)16-8-9-12(22-14(3,4)20-9)19-11(17)10(16)21-15(5,6)23-16/h9-10,12H,8H2,1-7H3/t9-,10+,12-,16-/m1/s1. The van der Waals surface area contributed by atoms with Crippen LogP contribution in [0.2, 0.25) is 0 Å². The van der Waals surface area contributed by atoms with Gasteiger partial charge in [0, 0.05) is 13.5 Å². The molecule has 7 nitrogen and oxygen atoms in total. The summed E-state index contributed by atoms with van der Waals surface area (Å²) in [5.41, 5.74) is -1.83. The zero-order valence-corrected chi connectivity index (χ0v) is 14.8. The normalized spacial score (nSPS) is 41.9. The summed E-state index contributed by atoms with van der Waals surface area (Å²) in [6.45, 7) is 10.9. The smallest absolute Gasteiger partial charge is 0.340 e. The van der Waals surface area contributed by atoms with Crippen LogP contribution < -0.4 is 0 Å². The summed E-state index contributed by atoms with van der Waals surface area (Å²) in [5.74, 6) is -2.27. The van der Waals surface area contributed by atoms with Crippen LogP contribution >= 0.6 is 0 Å². The number of carbonyl (C=O) groups is 1. The molecule has 7 heteroatoms. The zero-order valence-electron chi connectivity index (χ0n) is 14.8. The Morgan fingerprint density at radius 3 is 2.35 bits per heavy atom. The highest BCUT2D eigenvalue weighted by Gasteiger charge is 2.68. The maximum Gasteiger partial charge on any atom is 0.340 e. The number of hydrogen-bond acceptors (Lipinski definition) is 7. The zero-order chi connectivity index (χ0) is 17.3. The summed E-state index contributed by atoms with van der Waals surface area (Å²) in [7, 11) is 1.59. The number of esters is 1. The Morgan fingerprint density at radius 1 is 1.09 bits per heavy atom. The Labute approximate surface area is 136 Å². The van der Waals surface area contributed by atoms with E-state index in [4.69, 9.17) is 28.4 Å². The molecule has 3 fully saturated rings. The molecule has 3 rings (SSSR count). The molecule has 0 aliphatic carbocycles. The van der Waals surface area contributed by atoms with Crippen LogP contribution in [0, 0.1) is 0 Å². The summed E-state index contributed by atoms with van der Waals surface area (Å²) in [5, 5.41) is 0. The Morgan fingerprint density at radius 2 is 1.74 bits per heavy atom. The molecule has 0 aromatic carbocycles. The van der Waals surface area contributed by atoms with Gasteiger partial charge in [-0.15, -0.1) is 0 Å². The third-order valence-electron chi connectivity index (χ3n) is 4.87. The van der Waals surface area contributed by atoms with Gasteiger partial charge in [-0.2, -0.15) is 0 Å². The molecule has 132 valence electrons. The van der Waals surface area contributed by atoms with E-state index in [0.29, 0.717) is 6.42 Å². The Hall–Kier alpha value is -0.730. The molecule has 0 aromatic rings. The van der Waals surface area contributed by atoms with Crippen molar-refractivity contribution in [1.82, 2.24) is 0 Å². The molecule has 23 heavy (non-hydrogen) atoms. The summed E-state index contributed by atoms with van der Waals surface area (Å²) in [4.78, 5) is 12.7. The number of rotatable bonds is 2. The number of fused-ring (bicyclic) bond motifs is 2. The van der Waals surface area contributed by atoms with Crippen LogP contribution in [-0.2, 0) is 33.2 Å². The lowest BCUT2D eigenvalue weighted by molar-refractivity contribution is -0.225. The van der Waals surface area contributed by atoms with Gasteiger partial charge in [0.25, 0.3) is 0 Å². The molecule has 3 aliphatic heterocycles. The van der Waals surface area contributed by atoms with E-state index in [9.17, 15) is 4.79 Å². The molecule has 0 bridgehead atoms. The van der Waals surface area contributed by atoms with Crippen LogP contribution in [-0.4, -0.2) is 54.4 Å². The van der Waals surface area contributed by atoms with Gasteiger partial charge >= 0.3 is 5.97 Å². The molecule has 0 aromatic heterocycles. The summed E-state index contributed by atoms with van der Waals surface area (Å²) < 4.78 is 34.9. The minimum atomic E-state index is -1.04. The Kier molecular flexibility index (Phi) is 3.64. The molecule has 0 spiro atoms. The van der Waals surface area contributed by atoms with Crippen LogP contribution in [0.4, 0.5) is 0 Å². The van der Waals surface area contributed by atoms with Crippen molar-refractivity contribution in [2.24, 2.45) is 0 Å². The minimum absolute atomic E-state index is 0.363. The lowest BCUT2D eigenvalue weighted by Crippen LogP contribution is -2.60. The molecule has 0 saturated carbocycles. The molecule has 3 heterocycles. The molecular formula is C16H26O7. The number of ether oxygens (including phenoxy) is 6. The minimum Gasteiger partial charge on any atom is -0.431 e. The van der Waals surface area contributed by atoms with Gasteiger partial charge < -0.3 is 28.4 Å². The van der Waals surface area contributed by atoms with Crippen LogP contribution in [0.5, 0.6) is 0 Å². The van der Waals surface area contributed by atoms with E-state index in [0.717, 1.165) is 0 Å². The molecule has 0 unspecified atom stereocenters. The first-order valence-electron chi connectivity index (χ1n) is 7.91. The second-order valence-corrected chi connectivity index (χ2v) is 7.79. The van der Waals surface area contributed by atoms with Crippen molar-refractivity contribution < 1.29 is 33.2 Å². The van der Waals surface area contributed by atoms with Crippen molar-refractivity contribution >= 4 is 5.97 Å². The van der Waals surface area contributed by atoms with Crippen molar-refractivity contribution in [1.29, 1.82) is 0 Å². The highest BCUT2D eigenvalue weighted by atomic mass is 16.8. The molecule has 3 aliphatic rings. The Balaban J connectivity index is 2.05. The predicted molar refractivity (Wildman–Crippen MR) is 78.4 cm³/mol. The quantitative estimate of drug-likeness (QED) is 0.714. The van der Waals surface area contributed by atoms with E-state index in [1.54, 1.807) is 34.8 Å². The van der Waals surface area contributed by atoms with E-state index in [1.807, 2.05) is 13.8 Å². The average Bonchev–Trinajstić information content (AvgIpc) is 2.81. The summed E-state index contributed by atoms with van der Waals surface area (Å²) in [6.07, 6.45) is -1.77. The van der Waals surface area contributed by atoms with Gasteiger partial charge in [0.05, 0.1) is 5.60 Å². The van der Waals surface area contributed by atoms with Gasteiger partial charge in [0.15, 0.2) is 17.7 Å². The second-order valence-electron chi connectivity index (χ2n) is 7.79. The molecule has 0 amide bonds. The van der Waals surface area contributed by atoms with Crippen LogP contribution in [0.3, 0.4) is 0 Å². The maximum absolute atomic E-state index is 12.7.